The molecule has 120 valence electrons. The second-order valence-corrected chi connectivity index (χ2v) is 6.34. The van der Waals surface area contributed by atoms with Gasteiger partial charge in [-0.1, -0.05) is 32.9 Å². The summed E-state index contributed by atoms with van der Waals surface area (Å²) in [4.78, 5) is 24.2. The van der Waals surface area contributed by atoms with E-state index in [1.807, 2.05) is 12.1 Å². The molecule has 0 aliphatic rings. The Balaban J connectivity index is 2.07. The SMILES string of the molecule is COc1ccc(C(=O)NC(=O)c2ccc(C(C)(C)C)cc2)cc1. The molecule has 0 aliphatic heterocycles. The van der Waals surface area contributed by atoms with Crippen LogP contribution >= 0.6 is 0 Å². The topological polar surface area (TPSA) is 55.4 Å². The van der Waals surface area contributed by atoms with Gasteiger partial charge in [-0.25, -0.2) is 0 Å². The highest BCUT2D eigenvalue weighted by molar-refractivity contribution is 6.10. The van der Waals surface area contributed by atoms with Crippen molar-refractivity contribution in [1.82, 2.24) is 5.32 Å². The predicted octanol–water partition coefficient (Wildman–Crippen LogP) is 3.56. The van der Waals surface area contributed by atoms with Crippen molar-refractivity contribution in [3.8, 4) is 5.75 Å². The molecule has 2 aromatic rings. The average Bonchev–Trinajstić information content (AvgIpc) is 2.54. The normalized spacial score (nSPS) is 11.0. The van der Waals surface area contributed by atoms with E-state index in [1.54, 1.807) is 43.5 Å². The smallest absolute Gasteiger partial charge is 0.258 e. The lowest BCUT2D eigenvalue weighted by Crippen LogP contribution is -2.30. The Labute approximate surface area is 136 Å². The predicted molar refractivity (Wildman–Crippen MR) is 89.9 cm³/mol. The van der Waals surface area contributed by atoms with Crippen molar-refractivity contribution in [2.75, 3.05) is 7.11 Å². The molecule has 0 saturated heterocycles. The van der Waals surface area contributed by atoms with Crippen LogP contribution < -0.4 is 10.1 Å². The van der Waals surface area contributed by atoms with Crippen molar-refractivity contribution in [2.45, 2.75) is 26.2 Å². The van der Waals surface area contributed by atoms with Crippen LogP contribution in [0.25, 0.3) is 0 Å². The van der Waals surface area contributed by atoms with Gasteiger partial charge in [0, 0.05) is 11.1 Å². The third kappa shape index (κ3) is 4.19. The number of hydrogen-bond donors (Lipinski definition) is 1. The summed E-state index contributed by atoms with van der Waals surface area (Å²) in [5.74, 6) is -0.186. The zero-order chi connectivity index (χ0) is 17.0. The summed E-state index contributed by atoms with van der Waals surface area (Å²) in [6.45, 7) is 6.32. The Kier molecular flexibility index (Phi) is 4.84. The first-order valence-corrected chi connectivity index (χ1v) is 7.41. The molecule has 0 atom stereocenters. The van der Waals surface area contributed by atoms with Crippen LogP contribution in [0.3, 0.4) is 0 Å². The van der Waals surface area contributed by atoms with Crippen LogP contribution in [0.1, 0.15) is 47.1 Å². The Hall–Kier alpha value is -2.62. The van der Waals surface area contributed by atoms with Crippen LogP contribution in [-0.2, 0) is 5.41 Å². The molecule has 0 aromatic heterocycles. The lowest BCUT2D eigenvalue weighted by atomic mass is 9.87. The quantitative estimate of drug-likeness (QED) is 0.882. The highest BCUT2D eigenvalue weighted by Crippen LogP contribution is 2.22. The maximum Gasteiger partial charge on any atom is 0.258 e. The van der Waals surface area contributed by atoms with Gasteiger partial charge in [0.15, 0.2) is 0 Å². The van der Waals surface area contributed by atoms with Gasteiger partial charge in [0.05, 0.1) is 7.11 Å². The van der Waals surface area contributed by atoms with Gasteiger partial charge >= 0.3 is 0 Å². The van der Waals surface area contributed by atoms with E-state index in [2.05, 4.69) is 26.1 Å². The fraction of sp³-hybridized carbons (Fsp3) is 0.263. The summed E-state index contributed by atoms with van der Waals surface area (Å²) < 4.78 is 5.04. The third-order valence-electron chi connectivity index (χ3n) is 3.59. The molecule has 0 fully saturated rings. The third-order valence-corrected chi connectivity index (χ3v) is 3.59. The molecule has 0 heterocycles. The molecule has 0 radical (unpaired) electrons. The Morgan fingerprint density at radius 1 is 0.826 bits per heavy atom. The minimum absolute atomic E-state index is 0.0217. The van der Waals surface area contributed by atoms with E-state index in [0.717, 1.165) is 5.56 Å². The fourth-order valence-corrected chi connectivity index (χ4v) is 2.11. The van der Waals surface area contributed by atoms with Crippen molar-refractivity contribution in [2.24, 2.45) is 0 Å². The van der Waals surface area contributed by atoms with E-state index < -0.39 is 11.8 Å². The number of amides is 2. The summed E-state index contributed by atoms with van der Waals surface area (Å²) in [6.07, 6.45) is 0. The van der Waals surface area contributed by atoms with Crippen molar-refractivity contribution in [1.29, 1.82) is 0 Å². The number of carbonyl (C=O) groups excluding carboxylic acids is 2. The summed E-state index contributed by atoms with van der Waals surface area (Å²) in [7, 11) is 1.56. The molecule has 0 bridgehead atoms. The first kappa shape index (κ1) is 16.7. The van der Waals surface area contributed by atoms with Gasteiger partial charge in [-0.2, -0.15) is 0 Å². The standard InChI is InChI=1S/C19H21NO3/c1-19(2,3)15-9-5-13(6-10-15)17(21)20-18(22)14-7-11-16(23-4)12-8-14/h5-12H,1-4H3,(H,20,21,22). The van der Waals surface area contributed by atoms with E-state index in [9.17, 15) is 9.59 Å². The molecular weight excluding hydrogens is 290 g/mol. The van der Waals surface area contributed by atoms with Crippen molar-refractivity contribution in [3.63, 3.8) is 0 Å². The summed E-state index contributed by atoms with van der Waals surface area (Å²) in [5, 5.41) is 2.39. The Morgan fingerprint density at radius 2 is 1.26 bits per heavy atom. The minimum atomic E-state index is -0.433. The van der Waals surface area contributed by atoms with Crippen LogP contribution in [-0.4, -0.2) is 18.9 Å². The number of methoxy groups -OCH3 is 1. The number of ether oxygens (including phenoxy) is 1. The summed E-state index contributed by atoms with van der Waals surface area (Å²) in [6, 6.07) is 13.9. The molecule has 4 heteroatoms. The lowest BCUT2D eigenvalue weighted by molar-refractivity contribution is 0.0849. The fourth-order valence-electron chi connectivity index (χ4n) is 2.11. The molecular formula is C19H21NO3. The van der Waals surface area contributed by atoms with Crippen LogP contribution in [0.2, 0.25) is 0 Å². The first-order chi connectivity index (χ1) is 10.8. The number of benzene rings is 2. The molecule has 23 heavy (non-hydrogen) atoms. The van der Waals surface area contributed by atoms with Crippen molar-refractivity contribution >= 4 is 11.8 Å². The number of hydrogen-bond acceptors (Lipinski definition) is 3. The Bertz CT molecular complexity index is 695. The van der Waals surface area contributed by atoms with Crippen LogP contribution in [0.4, 0.5) is 0 Å². The molecule has 0 aliphatic carbocycles. The second-order valence-electron chi connectivity index (χ2n) is 6.34. The number of imide groups is 1. The van der Waals surface area contributed by atoms with Gasteiger partial charge in [-0.3, -0.25) is 14.9 Å². The number of nitrogens with one attached hydrogen (secondary N) is 1. The minimum Gasteiger partial charge on any atom is -0.497 e. The number of carbonyl (C=O) groups is 2. The molecule has 2 aromatic carbocycles. The van der Waals surface area contributed by atoms with E-state index in [4.69, 9.17) is 4.74 Å². The summed E-state index contributed by atoms with van der Waals surface area (Å²) in [5.41, 5.74) is 2.02. The highest BCUT2D eigenvalue weighted by Gasteiger charge is 2.16. The van der Waals surface area contributed by atoms with Crippen LogP contribution in [0.5, 0.6) is 5.75 Å². The molecule has 1 N–H and O–H groups in total. The zero-order valence-electron chi connectivity index (χ0n) is 13.8. The lowest BCUT2D eigenvalue weighted by Gasteiger charge is -2.19. The van der Waals surface area contributed by atoms with Crippen molar-refractivity contribution < 1.29 is 14.3 Å². The highest BCUT2D eigenvalue weighted by atomic mass is 16.5. The molecule has 2 amide bonds. The van der Waals surface area contributed by atoms with Crippen molar-refractivity contribution in [3.05, 3.63) is 65.2 Å². The maximum atomic E-state index is 12.2. The van der Waals surface area contributed by atoms with Gasteiger partial charge in [-0.05, 0) is 47.4 Å². The van der Waals surface area contributed by atoms with E-state index >= 15 is 0 Å². The van der Waals surface area contributed by atoms with Gasteiger partial charge in [0.25, 0.3) is 11.8 Å². The molecule has 2 rings (SSSR count). The molecule has 4 nitrogen and oxygen atoms in total. The van der Waals surface area contributed by atoms with E-state index in [-0.39, 0.29) is 5.41 Å². The van der Waals surface area contributed by atoms with Crippen LogP contribution in [0, 0.1) is 0 Å². The van der Waals surface area contributed by atoms with Gasteiger partial charge in [0.1, 0.15) is 5.75 Å². The zero-order valence-corrected chi connectivity index (χ0v) is 13.8. The first-order valence-electron chi connectivity index (χ1n) is 7.41. The van der Waals surface area contributed by atoms with Gasteiger partial charge in [-0.15, -0.1) is 0 Å². The monoisotopic (exact) mass is 311 g/mol. The van der Waals surface area contributed by atoms with E-state index in [0.29, 0.717) is 16.9 Å². The molecule has 0 saturated carbocycles. The largest absolute Gasteiger partial charge is 0.497 e. The molecule has 0 spiro atoms. The number of rotatable bonds is 3. The maximum absolute atomic E-state index is 12.2. The Morgan fingerprint density at radius 3 is 1.65 bits per heavy atom. The van der Waals surface area contributed by atoms with Gasteiger partial charge in [0.2, 0.25) is 0 Å². The average molecular weight is 311 g/mol. The second kappa shape index (κ2) is 6.65. The van der Waals surface area contributed by atoms with Gasteiger partial charge < -0.3 is 4.74 Å². The van der Waals surface area contributed by atoms with E-state index in [1.165, 1.54) is 0 Å². The summed E-state index contributed by atoms with van der Waals surface area (Å²) >= 11 is 0. The molecule has 0 unspecified atom stereocenters. The van der Waals surface area contributed by atoms with Crippen LogP contribution in [0.15, 0.2) is 48.5 Å².